The molecule has 5 heteroatoms. The molecule has 190 valence electrons. The molecular weight excluding hydrogens is 438 g/mol. The molecule has 7 aliphatic rings. The highest BCUT2D eigenvalue weighted by atomic mass is 16.6. The van der Waals surface area contributed by atoms with E-state index in [1.54, 1.807) is 7.11 Å². The number of carbonyl (C=O) groups is 1. The SMILES string of the molecule is CCCCCC(=O)[C@H]1C[C@@]23CC[C@]1(OC)[C@@H]1Oc4c(OC)ccc5c4[C@@]12CCN(CC1CC1)[C@@H]3C5. The Labute approximate surface area is 209 Å². The highest BCUT2D eigenvalue weighted by Gasteiger charge is 2.81. The maximum atomic E-state index is 13.9. The highest BCUT2D eigenvalue weighted by molar-refractivity contribution is 5.83. The fourth-order valence-corrected chi connectivity index (χ4v) is 9.64. The number of Topliss-reactive ketones (excluding diaryl/α,β-unsaturated/α-hetero) is 1. The smallest absolute Gasteiger partial charge is 0.165 e. The van der Waals surface area contributed by atoms with Crippen molar-refractivity contribution >= 4 is 5.78 Å². The summed E-state index contributed by atoms with van der Waals surface area (Å²) in [6.45, 7) is 4.57. The van der Waals surface area contributed by atoms with Gasteiger partial charge in [0.25, 0.3) is 0 Å². The average Bonchev–Trinajstić information content (AvgIpc) is 3.62. The predicted molar refractivity (Wildman–Crippen MR) is 134 cm³/mol. The van der Waals surface area contributed by atoms with Gasteiger partial charge in [-0.2, -0.15) is 0 Å². The number of benzene rings is 1. The number of hydrogen-bond acceptors (Lipinski definition) is 5. The first-order valence-corrected chi connectivity index (χ1v) is 14.2. The van der Waals surface area contributed by atoms with Crippen LogP contribution >= 0.6 is 0 Å². The van der Waals surface area contributed by atoms with Gasteiger partial charge in [0.05, 0.1) is 13.0 Å². The molecule has 4 saturated carbocycles. The van der Waals surface area contributed by atoms with E-state index in [1.165, 1.54) is 30.5 Å². The van der Waals surface area contributed by atoms with Crippen molar-refractivity contribution in [3.05, 3.63) is 23.3 Å². The molecule has 1 saturated heterocycles. The second-order valence-electron chi connectivity index (χ2n) is 12.5. The minimum atomic E-state index is -0.535. The first kappa shape index (κ1) is 22.6. The third-order valence-corrected chi connectivity index (χ3v) is 11.3. The fraction of sp³-hybridized carbons (Fsp3) is 0.767. The van der Waals surface area contributed by atoms with Gasteiger partial charge < -0.3 is 14.2 Å². The van der Waals surface area contributed by atoms with Crippen molar-refractivity contribution in [2.75, 3.05) is 27.3 Å². The Kier molecular flexibility index (Phi) is 4.98. The lowest BCUT2D eigenvalue weighted by Gasteiger charge is -2.73. The first-order valence-electron chi connectivity index (χ1n) is 14.2. The zero-order valence-electron chi connectivity index (χ0n) is 21.7. The third kappa shape index (κ3) is 2.70. The van der Waals surface area contributed by atoms with Crippen LogP contribution in [0, 0.1) is 17.3 Å². The number of fused-ring (bicyclic) bond motifs is 2. The van der Waals surface area contributed by atoms with E-state index in [-0.39, 0.29) is 22.9 Å². The number of piperidine rings is 1. The Bertz CT molecular complexity index is 1050. The van der Waals surface area contributed by atoms with Gasteiger partial charge in [-0.3, -0.25) is 9.69 Å². The minimum absolute atomic E-state index is 0.0658. The van der Waals surface area contributed by atoms with E-state index in [1.807, 2.05) is 7.11 Å². The predicted octanol–water partition coefficient (Wildman–Crippen LogP) is 5.07. The Hall–Kier alpha value is -1.59. The van der Waals surface area contributed by atoms with Gasteiger partial charge in [-0.05, 0) is 75.5 Å². The topological polar surface area (TPSA) is 48.0 Å². The van der Waals surface area contributed by atoms with E-state index in [9.17, 15) is 4.79 Å². The van der Waals surface area contributed by atoms with Crippen molar-refractivity contribution in [2.24, 2.45) is 17.3 Å². The molecule has 0 N–H and O–H groups in total. The van der Waals surface area contributed by atoms with Crippen LogP contribution in [0.4, 0.5) is 0 Å². The normalized spacial score (nSPS) is 40.4. The molecule has 2 heterocycles. The van der Waals surface area contributed by atoms with Gasteiger partial charge in [-0.25, -0.2) is 0 Å². The van der Waals surface area contributed by atoms with Crippen molar-refractivity contribution < 1.29 is 19.0 Å². The summed E-state index contributed by atoms with van der Waals surface area (Å²) < 4.78 is 19.4. The second-order valence-corrected chi connectivity index (χ2v) is 12.5. The van der Waals surface area contributed by atoms with Gasteiger partial charge in [0.1, 0.15) is 17.5 Å². The van der Waals surface area contributed by atoms with Crippen LogP contribution in [0.2, 0.25) is 0 Å². The summed E-state index contributed by atoms with van der Waals surface area (Å²) >= 11 is 0. The number of ether oxygens (including phenoxy) is 3. The summed E-state index contributed by atoms with van der Waals surface area (Å²) in [6, 6.07) is 4.91. The molecule has 5 aliphatic carbocycles. The molecule has 0 unspecified atom stereocenters. The van der Waals surface area contributed by atoms with Gasteiger partial charge in [0.2, 0.25) is 0 Å². The molecule has 0 aromatic heterocycles. The molecule has 5 fully saturated rings. The summed E-state index contributed by atoms with van der Waals surface area (Å²) in [5, 5.41) is 0. The quantitative estimate of drug-likeness (QED) is 0.463. The van der Waals surface area contributed by atoms with Crippen molar-refractivity contribution in [3.63, 3.8) is 0 Å². The monoisotopic (exact) mass is 479 g/mol. The van der Waals surface area contributed by atoms with Crippen LogP contribution in [0.25, 0.3) is 0 Å². The lowest BCUT2D eigenvalue weighted by molar-refractivity contribution is -0.272. The van der Waals surface area contributed by atoms with Gasteiger partial charge in [-0.15, -0.1) is 0 Å². The molecule has 4 bridgehead atoms. The highest BCUT2D eigenvalue weighted by Crippen LogP contribution is 2.76. The molecule has 2 aliphatic heterocycles. The van der Waals surface area contributed by atoms with Crippen molar-refractivity contribution in [3.8, 4) is 11.5 Å². The minimum Gasteiger partial charge on any atom is -0.493 e. The Morgan fingerprint density at radius 1 is 1.17 bits per heavy atom. The standard InChI is InChI=1S/C30H41NO4/c1-4-5-6-7-22(32)21-17-28-12-13-30(21,34-3)27-29(28)14-15-31(18-19-8-9-19)24(28)16-20-10-11-23(33-2)26(35-27)25(20)29/h10-11,19,21,24,27H,4-9,12-18H2,1-3H3/t21-,24-,27-,28-,29+,30-/m1/s1. The summed E-state index contributed by atoms with van der Waals surface area (Å²) in [4.78, 5) is 16.7. The van der Waals surface area contributed by atoms with Crippen LogP contribution < -0.4 is 9.47 Å². The lowest BCUT2D eigenvalue weighted by Crippen LogP contribution is -2.81. The van der Waals surface area contributed by atoms with Gasteiger partial charge in [0.15, 0.2) is 11.5 Å². The van der Waals surface area contributed by atoms with E-state index < -0.39 is 5.60 Å². The van der Waals surface area contributed by atoms with Gasteiger partial charge in [0, 0.05) is 42.5 Å². The van der Waals surface area contributed by atoms with E-state index in [0.29, 0.717) is 18.2 Å². The molecular formula is C30H41NO4. The lowest BCUT2D eigenvalue weighted by atomic mass is 9.34. The van der Waals surface area contributed by atoms with Crippen LogP contribution in [0.1, 0.15) is 82.3 Å². The molecule has 2 spiro atoms. The van der Waals surface area contributed by atoms with Gasteiger partial charge >= 0.3 is 0 Å². The number of ketones is 1. The largest absolute Gasteiger partial charge is 0.493 e. The third-order valence-electron chi connectivity index (χ3n) is 11.3. The fourth-order valence-electron chi connectivity index (χ4n) is 9.64. The van der Waals surface area contributed by atoms with Crippen molar-refractivity contribution in [1.82, 2.24) is 4.90 Å². The number of unbranched alkanes of at least 4 members (excludes halogenated alkanes) is 2. The maximum Gasteiger partial charge on any atom is 0.165 e. The summed E-state index contributed by atoms with van der Waals surface area (Å²) in [6.07, 6.45) is 11.8. The van der Waals surface area contributed by atoms with Crippen LogP contribution in [0.5, 0.6) is 11.5 Å². The van der Waals surface area contributed by atoms with E-state index in [2.05, 4.69) is 24.0 Å². The molecule has 35 heavy (non-hydrogen) atoms. The number of rotatable bonds is 9. The number of likely N-dealkylation sites (tertiary alicyclic amines) is 1. The summed E-state index contributed by atoms with van der Waals surface area (Å²) in [5.41, 5.74) is 2.35. The zero-order chi connectivity index (χ0) is 24.0. The van der Waals surface area contributed by atoms with Crippen LogP contribution in [-0.2, 0) is 21.4 Å². The summed E-state index contributed by atoms with van der Waals surface area (Å²) in [5.74, 6) is 3.02. The van der Waals surface area contributed by atoms with Crippen molar-refractivity contribution in [2.45, 2.75) is 101 Å². The molecule has 8 rings (SSSR count). The van der Waals surface area contributed by atoms with Crippen LogP contribution in [-0.4, -0.2) is 55.7 Å². The van der Waals surface area contributed by atoms with E-state index >= 15 is 0 Å². The zero-order valence-corrected chi connectivity index (χ0v) is 21.7. The van der Waals surface area contributed by atoms with E-state index in [4.69, 9.17) is 14.2 Å². The Morgan fingerprint density at radius 2 is 2.03 bits per heavy atom. The molecule has 0 radical (unpaired) electrons. The number of methoxy groups -OCH3 is 2. The molecule has 1 aromatic carbocycles. The molecule has 0 amide bonds. The first-order chi connectivity index (χ1) is 17.0. The Balaban J connectivity index is 1.39. The Morgan fingerprint density at radius 3 is 2.77 bits per heavy atom. The molecule has 6 atom stereocenters. The van der Waals surface area contributed by atoms with Crippen LogP contribution in [0.15, 0.2) is 12.1 Å². The number of carbonyl (C=O) groups excluding carboxylic acids is 1. The van der Waals surface area contributed by atoms with Gasteiger partial charge in [-0.1, -0.05) is 25.8 Å². The number of nitrogens with zero attached hydrogens (tertiary/aromatic N) is 1. The number of hydrogen-bond donors (Lipinski definition) is 0. The molecule has 1 aromatic rings. The molecule has 5 nitrogen and oxygen atoms in total. The summed E-state index contributed by atoms with van der Waals surface area (Å²) in [7, 11) is 3.59. The van der Waals surface area contributed by atoms with Crippen LogP contribution in [0.3, 0.4) is 0 Å². The average molecular weight is 480 g/mol. The maximum absolute atomic E-state index is 13.9. The second kappa shape index (κ2) is 7.71. The van der Waals surface area contributed by atoms with E-state index in [0.717, 1.165) is 75.3 Å². The van der Waals surface area contributed by atoms with Crippen molar-refractivity contribution in [1.29, 1.82) is 0 Å².